The number of amides is 2. The van der Waals surface area contributed by atoms with Gasteiger partial charge in [-0.25, -0.2) is 9.78 Å². The third-order valence-corrected chi connectivity index (χ3v) is 7.66. The molecule has 0 bridgehead atoms. The Balaban J connectivity index is 1.51. The van der Waals surface area contributed by atoms with E-state index in [0.717, 1.165) is 23.1 Å². The van der Waals surface area contributed by atoms with Gasteiger partial charge in [0, 0.05) is 6.54 Å². The second kappa shape index (κ2) is 9.55. The average Bonchev–Trinajstić information content (AvgIpc) is 3.47. The number of nitrogens with one attached hydrogen (secondary N) is 2. The van der Waals surface area contributed by atoms with Gasteiger partial charge in [-0.2, -0.15) is 0 Å². The maximum atomic E-state index is 13.3. The number of rotatable bonds is 6. The molecule has 2 aliphatic heterocycles. The maximum Gasteiger partial charge on any atom is 0.494 e. The molecule has 36 heavy (non-hydrogen) atoms. The van der Waals surface area contributed by atoms with E-state index >= 15 is 0 Å². The molecule has 2 aliphatic rings. The number of benzene rings is 1. The van der Waals surface area contributed by atoms with E-state index in [-0.39, 0.29) is 23.8 Å². The molecule has 4 rings (SSSR count). The first-order chi connectivity index (χ1) is 16.8. The Bertz CT molecular complexity index is 1100. The largest absolute Gasteiger partial charge is 0.494 e. The van der Waals surface area contributed by atoms with Gasteiger partial charge in [0.05, 0.1) is 29.1 Å². The molecule has 3 heterocycles. The Labute approximate surface area is 213 Å². The second-order valence-electron chi connectivity index (χ2n) is 11.4. The van der Waals surface area contributed by atoms with Crippen molar-refractivity contribution in [3.8, 4) is 11.3 Å². The Hall–Kier alpha value is -2.85. The first-order valence-corrected chi connectivity index (χ1v) is 12.6. The number of likely N-dealkylation sites (tertiary alicyclic amines) is 1. The summed E-state index contributed by atoms with van der Waals surface area (Å²) in [5.74, 6) is 0.603. The molecule has 0 unspecified atom stereocenters. The number of hydrogen-bond donors (Lipinski definition) is 3. The van der Waals surface area contributed by atoms with Crippen molar-refractivity contribution in [1.29, 1.82) is 0 Å². The van der Waals surface area contributed by atoms with Gasteiger partial charge in [-0.1, -0.05) is 45.0 Å². The number of carbonyl (C=O) groups is 2. The van der Waals surface area contributed by atoms with E-state index in [0.29, 0.717) is 12.4 Å². The van der Waals surface area contributed by atoms with E-state index in [2.05, 4.69) is 22.2 Å². The van der Waals surface area contributed by atoms with Crippen molar-refractivity contribution < 1.29 is 24.0 Å². The Morgan fingerprint density at radius 1 is 1.17 bits per heavy atom. The van der Waals surface area contributed by atoms with Gasteiger partial charge in [-0.05, 0) is 57.0 Å². The second-order valence-corrected chi connectivity index (χ2v) is 11.4. The van der Waals surface area contributed by atoms with Crippen LogP contribution < -0.4 is 10.8 Å². The molecule has 3 N–H and O–H groups in total. The van der Waals surface area contributed by atoms with Gasteiger partial charge in [0.15, 0.2) is 0 Å². The summed E-state index contributed by atoms with van der Waals surface area (Å²) in [6.07, 6.45) is 1.34. The van der Waals surface area contributed by atoms with Crippen molar-refractivity contribution in [3.63, 3.8) is 0 Å². The summed E-state index contributed by atoms with van der Waals surface area (Å²) in [6, 6.07) is 6.97. The van der Waals surface area contributed by atoms with Crippen molar-refractivity contribution >= 4 is 24.6 Å². The topological polar surface area (TPSA) is 117 Å². The van der Waals surface area contributed by atoms with Crippen LogP contribution in [0.15, 0.2) is 30.5 Å². The van der Waals surface area contributed by atoms with Crippen LogP contribution in [0, 0.1) is 11.8 Å². The van der Waals surface area contributed by atoms with Gasteiger partial charge >= 0.3 is 13.2 Å². The maximum absolute atomic E-state index is 13.3. The van der Waals surface area contributed by atoms with Gasteiger partial charge in [-0.3, -0.25) is 4.79 Å². The quantitative estimate of drug-likeness (QED) is 0.527. The minimum atomic E-state index is -1.20. The van der Waals surface area contributed by atoms with Gasteiger partial charge in [-0.15, -0.1) is 0 Å². The summed E-state index contributed by atoms with van der Waals surface area (Å²) in [7, 11) is -0.422. The highest BCUT2D eigenvalue weighted by Crippen LogP contribution is 2.37. The van der Waals surface area contributed by atoms with Crippen molar-refractivity contribution in [2.45, 2.75) is 78.2 Å². The lowest BCUT2D eigenvalue weighted by Crippen LogP contribution is -2.50. The van der Waals surface area contributed by atoms with Crippen molar-refractivity contribution in [2.75, 3.05) is 6.54 Å². The number of hydrogen-bond acceptors (Lipinski definition) is 5. The monoisotopic (exact) mass is 496 g/mol. The molecule has 0 aliphatic carbocycles. The minimum absolute atomic E-state index is 0.167. The molecule has 10 heteroatoms. The highest BCUT2D eigenvalue weighted by molar-refractivity contribution is 6.62. The molecule has 1 aromatic carbocycles. The van der Waals surface area contributed by atoms with Gasteiger partial charge in [0.25, 0.3) is 0 Å². The molecular weight excluding hydrogens is 459 g/mol. The molecule has 2 amide bonds. The first kappa shape index (κ1) is 26.2. The number of carboxylic acid groups (broad SMARTS) is 1. The minimum Gasteiger partial charge on any atom is -0.465 e. The van der Waals surface area contributed by atoms with Crippen LogP contribution in [0.4, 0.5) is 4.79 Å². The van der Waals surface area contributed by atoms with Crippen LogP contribution in [0.5, 0.6) is 0 Å². The van der Waals surface area contributed by atoms with E-state index < -0.39 is 30.5 Å². The number of imidazole rings is 1. The number of carbonyl (C=O) groups excluding carboxylic acids is 1. The van der Waals surface area contributed by atoms with Crippen LogP contribution in [-0.4, -0.2) is 62.9 Å². The summed E-state index contributed by atoms with van der Waals surface area (Å²) < 4.78 is 12.3. The Morgan fingerprint density at radius 2 is 1.78 bits per heavy atom. The molecule has 194 valence electrons. The van der Waals surface area contributed by atoms with Crippen LogP contribution in [0.1, 0.15) is 66.8 Å². The number of H-pyrrole nitrogens is 1. The average molecular weight is 496 g/mol. The lowest BCUT2D eigenvalue weighted by atomic mass is 9.79. The molecule has 2 aromatic rings. The molecule has 2 fully saturated rings. The van der Waals surface area contributed by atoms with Crippen LogP contribution in [0.3, 0.4) is 0 Å². The Morgan fingerprint density at radius 3 is 2.33 bits per heavy atom. The van der Waals surface area contributed by atoms with Crippen LogP contribution >= 0.6 is 0 Å². The summed E-state index contributed by atoms with van der Waals surface area (Å²) in [4.78, 5) is 34.3. The molecule has 0 radical (unpaired) electrons. The van der Waals surface area contributed by atoms with Gasteiger partial charge in [0.2, 0.25) is 5.91 Å². The zero-order chi connectivity index (χ0) is 26.4. The van der Waals surface area contributed by atoms with Gasteiger partial charge in [0.1, 0.15) is 11.9 Å². The molecule has 9 nitrogen and oxygen atoms in total. The predicted molar refractivity (Wildman–Crippen MR) is 138 cm³/mol. The number of aromatic nitrogens is 2. The van der Waals surface area contributed by atoms with E-state index in [1.807, 2.05) is 65.8 Å². The summed E-state index contributed by atoms with van der Waals surface area (Å²) in [5, 5.41) is 11.6. The van der Waals surface area contributed by atoms with Gasteiger partial charge < -0.3 is 29.6 Å². The third kappa shape index (κ3) is 5.02. The summed E-state index contributed by atoms with van der Waals surface area (Å²) in [5.41, 5.74) is 1.96. The molecule has 0 saturated carbocycles. The highest BCUT2D eigenvalue weighted by Gasteiger charge is 2.51. The highest BCUT2D eigenvalue weighted by atomic mass is 16.7. The molecule has 1 aromatic heterocycles. The fourth-order valence-corrected chi connectivity index (χ4v) is 4.83. The first-order valence-electron chi connectivity index (χ1n) is 12.6. The normalized spacial score (nSPS) is 23.8. The fourth-order valence-electron chi connectivity index (χ4n) is 4.83. The predicted octanol–water partition coefficient (Wildman–Crippen LogP) is 3.58. The zero-order valence-corrected chi connectivity index (χ0v) is 22.2. The lowest BCUT2D eigenvalue weighted by molar-refractivity contribution is -0.135. The fraction of sp³-hybridized carbons (Fsp3) is 0.577. The zero-order valence-electron chi connectivity index (χ0n) is 22.2. The van der Waals surface area contributed by atoms with E-state index in [1.54, 1.807) is 11.1 Å². The third-order valence-electron chi connectivity index (χ3n) is 7.66. The van der Waals surface area contributed by atoms with E-state index in [1.165, 1.54) is 0 Å². The molecule has 3 atom stereocenters. The SMILES string of the molecule is CC(C)[C@H](NC(=O)O)C(=O)N1C[C@@H](C)C[C@H]1c1ncc(-c2ccc(B3OC(C)(C)C(C)(C)O3)cc2)[nH]1. The molecule has 0 spiro atoms. The van der Waals surface area contributed by atoms with E-state index in [9.17, 15) is 14.7 Å². The summed E-state index contributed by atoms with van der Waals surface area (Å²) in [6.45, 7) is 14.5. The molecular formula is C26H37BN4O5. The standard InChI is InChI=1S/C26H37BN4O5/c1-15(2)21(30-24(33)34)23(32)31-14-16(3)12-20(31)22-28-13-19(29-22)17-8-10-18(11-9-17)27-35-25(4,5)26(6,7)36-27/h8-11,13,15-16,20-21,30H,12,14H2,1-7H3,(H,28,29)(H,33,34)/t16-,20-,21-/m0/s1. The van der Waals surface area contributed by atoms with Crippen LogP contribution in [-0.2, 0) is 14.1 Å². The number of nitrogens with zero attached hydrogens (tertiary/aromatic N) is 2. The van der Waals surface area contributed by atoms with Crippen LogP contribution in [0.2, 0.25) is 0 Å². The van der Waals surface area contributed by atoms with E-state index in [4.69, 9.17) is 9.31 Å². The van der Waals surface area contributed by atoms with Crippen molar-refractivity contribution in [3.05, 3.63) is 36.3 Å². The molecule has 2 saturated heterocycles. The lowest BCUT2D eigenvalue weighted by Gasteiger charge is -2.32. The van der Waals surface area contributed by atoms with Crippen LogP contribution in [0.25, 0.3) is 11.3 Å². The summed E-state index contributed by atoms with van der Waals surface area (Å²) >= 11 is 0. The van der Waals surface area contributed by atoms with Crippen molar-refractivity contribution in [1.82, 2.24) is 20.2 Å². The van der Waals surface area contributed by atoms with Crippen molar-refractivity contribution in [2.24, 2.45) is 11.8 Å². The number of aromatic amines is 1. The smallest absolute Gasteiger partial charge is 0.465 e. The Kier molecular flexibility index (Phi) is 6.96.